The lowest BCUT2D eigenvalue weighted by Gasteiger charge is -2.55. The molecule has 3 rings (SSSR count). The maximum atomic E-state index is 12.8. The molecule has 2 aliphatic rings. The Kier molecular flexibility index (Phi) is 5.04. The predicted octanol–water partition coefficient (Wildman–Crippen LogP) is 4.24. The van der Waals surface area contributed by atoms with Gasteiger partial charge in [-0.3, -0.25) is 0 Å². The maximum Gasteiger partial charge on any atom is 0.387 e. The van der Waals surface area contributed by atoms with Crippen molar-refractivity contribution in [1.29, 1.82) is 0 Å². The van der Waals surface area contributed by atoms with Crippen molar-refractivity contribution in [2.75, 3.05) is 14.1 Å². The fourth-order valence-electron chi connectivity index (χ4n) is 4.32. The average molecular weight is 385 g/mol. The number of likely N-dealkylation sites (N-methyl/N-ethyl adjacent to an activating group) is 1. The Labute approximate surface area is 159 Å². The smallest absolute Gasteiger partial charge is 0.387 e. The molecule has 0 aliphatic carbocycles. The molecule has 0 N–H and O–H groups in total. The van der Waals surface area contributed by atoms with Gasteiger partial charge >= 0.3 is 6.61 Å². The van der Waals surface area contributed by atoms with Crippen molar-refractivity contribution in [3.05, 3.63) is 35.0 Å². The van der Waals surface area contributed by atoms with Crippen LogP contribution in [0.3, 0.4) is 0 Å². The van der Waals surface area contributed by atoms with Crippen molar-refractivity contribution in [2.45, 2.75) is 76.1 Å². The third-order valence-electron chi connectivity index (χ3n) is 6.74. The van der Waals surface area contributed by atoms with E-state index in [1.54, 1.807) is 32.3 Å². The molecule has 152 valence electrons. The summed E-state index contributed by atoms with van der Waals surface area (Å²) >= 11 is 0. The number of ether oxygens (including phenoxy) is 3. The number of fused-ring (bicyclic) bond motifs is 2. The molecule has 1 aromatic carbocycles. The summed E-state index contributed by atoms with van der Waals surface area (Å²) in [6, 6.07) is 6.63. The van der Waals surface area contributed by atoms with Crippen molar-refractivity contribution >= 4 is 0 Å². The van der Waals surface area contributed by atoms with Gasteiger partial charge in [-0.05, 0) is 39.7 Å². The first-order chi connectivity index (χ1) is 12.4. The largest absolute Gasteiger partial charge is 0.633 e. The predicted molar refractivity (Wildman–Crippen MR) is 97.3 cm³/mol. The molecular formula is C20H29F2NO4. The van der Waals surface area contributed by atoms with Crippen molar-refractivity contribution in [3.63, 3.8) is 0 Å². The average Bonchev–Trinajstić information content (AvgIpc) is 3.05. The topological polar surface area (TPSA) is 50.8 Å². The van der Waals surface area contributed by atoms with E-state index < -0.39 is 28.0 Å². The number of para-hydroxylation sites is 1. The molecule has 2 aliphatic heterocycles. The molecule has 3 atom stereocenters. The number of hydrogen-bond donors (Lipinski definition) is 0. The van der Waals surface area contributed by atoms with Crippen LogP contribution in [0.2, 0.25) is 0 Å². The monoisotopic (exact) mass is 385 g/mol. The minimum absolute atomic E-state index is 0.120. The van der Waals surface area contributed by atoms with E-state index in [4.69, 9.17) is 9.47 Å². The van der Waals surface area contributed by atoms with E-state index in [1.807, 2.05) is 20.8 Å². The second kappa shape index (κ2) is 6.65. The van der Waals surface area contributed by atoms with Gasteiger partial charge in [-0.1, -0.05) is 18.2 Å². The van der Waals surface area contributed by atoms with Gasteiger partial charge in [0.1, 0.15) is 16.9 Å². The highest BCUT2D eigenvalue weighted by atomic mass is 19.3. The van der Waals surface area contributed by atoms with Crippen LogP contribution in [0.5, 0.6) is 5.75 Å². The van der Waals surface area contributed by atoms with Crippen LogP contribution in [0, 0.1) is 5.21 Å². The van der Waals surface area contributed by atoms with Crippen LogP contribution in [0.25, 0.3) is 0 Å². The van der Waals surface area contributed by atoms with Gasteiger partial charge in [-0.15, -0.1) is 0 Å². The zero-order chi connectivity index (χ0) is 20.1. The van der Waals surface area contributed by atoms with Crippen molar-refractivity contribution in [3.8, 4) is 5.75 Å². The second-order valence-electron chi connectivity index (χ2n) is 8.81. The molecule has 0 aromatic heterocycles. The van der Waals surface area contributed by atoms with Crippen LogP contribution in [-0.2, 0) is 16.1 Å². The van der Waals surface area contributed by atoms with Gasteiger partial charge in [0.15, 0.2) is 0 Å². The van der Waals surface area contributed by atoms with Crippen LogP contribution < -0.4 is 4.74 Å². The van der Waals surface area contributed by atoms with E-state index in [0.717, 1.165) is 12.8 Å². The molecule has 0 radical (unpaired) electrons. The summed E-state index contributed by atoms with van der Waals surface area (Å²) in [7, 11) is 3.28. The molecule has 1 aromatic rings. The lowest BCUT2D eigenvalue weighted by Crippen LogP contribution is -2.65. The van der Waals surface area contributed by atoms with Gasteiger partial charge in [-0.25, -0.2) is 0 Å². The molecule has 7 heteroatoms. The van der Waals surface area contributed by atoms with Crippen LogP contribution in [0.15, 0.2) is 24.3 Å². The molecule has 5 nitrogen and oxygen atoms in total. The Bertz CT molecular complexity index is 691. The fraction of sp³-hybridized carbons (Fsp3) is 0.700. The molecule has 2 heterocycles. The molecule has 0 spiro atoms. The van der Waals surface area contributed by atoms with Gasteiger partial charge in [-0.2, -0.15) is 8.78 Å². The number of hydroxylamine groups is 3. The quantitative estimate of drug-likeness (QED) is 0.520. The van der Waals surface area contributed by atoms with E-state index in [0.29, 0.717) is 12.0 Å². The van der Waals surface area contributed by atoms with Crippen LogP contribution in [-0.4, -0.2) is 48.2 Å². The first-order valence-corrected chi connectivity index (χ1v) is 9.30. The van der Waals surface area contributed by atoms with Crippen molar-refractivity contribution in [2.24, 2.45) is 0 Å². The molecule has 2 saturated heterocycles. The van der Waals surface area contributed by atoms with Crippen LogP contribution in [0.4, 0.5) is 8.78 Å². The van der Waals surface area contributed by atoms with Gasteiger partial charge in [0.05, 0.1) is 32.4 Å². The van der Waals surface area contributed by atoms with Gasteiger partial charge in [0.25, 0.3) is 0 Å². The number of hydrogen-bond acceptors (Lipinski definition) is 4. The number of benzene rings is 1. The van der Waals surface area contributed by atoms with E-state index in [9.17, 15) is 14.0 Å². The maximum absolute atomic E-state index is 12.8. The zero-order valence-corrected chi connectivity index (χ0v) is 16.6. The van der Waals surface area contributed by atoms with Crippen molar-refractivity contribution in [1.82, 2.24) is 0 Å². The van der Waals surface area contributed by atoms with Crippen LogP contribution >= 0.6 is 0 Å². The van der Waals surface area contributed by atoms with Gasteiger partial charge in [0, 0.05) is 12.0 Å². The summed E-state index contributed by atoms with van der Waals surface area (Å²) in [5.41, 5.74) is -1.11. The summed E-state index contributed by atoms with van der Waals surface area (Å²) in [5.74, 6) is 0.120. The normalized spacial score (nSPS) is 30.9. The molecular weight excluding hydrogens is 356 g/mol. The minimum atomic E-state index is -2.88. The Morgan fingerprint density at radius 3 is 2.59 bits per heavy atom. The molecule has 3 unspecified atom stereocenters. The molecule has 0 amide bonds. The number of halogens is 2. The highest BCUT2D eigenvalue weighted by Crippen LogP contribution is 2.58. The Morgan fingerprint density at radius 1 is 1.30 bits per heavy atom. The summed E-state index contributed by atoms with van der Waals surface area (Å²) in [4.78, 5) is 0. The number of rotatable bonds is 7. The summed E-state index contributed by atoms with van der Waals surface area (Å²) < 4.78 is 41.9. The second-order valence-corrected chi connectivity index (χ2v) is 8.81. The Morgan fingerprint density at radius 2 is 1.96 bits per heavy atom. The highest BCUT2D eigenvalue weighted by molar-refractivity contribution is 5.32. The van der Waals surface area contributed by atoms with E-state index in [-0.39, 0.29) is 18.5 Å². The first kappa shape index (κ1) is 20.5. The molecule has 2 fully saturated rings. The van der Waals surface area contributed by atoms with E-state index in [1.165, 1.54) is 6.07 Å². The van der Waals surface area contributed by atoms with Crippen molar-refractivity contribution < 1.29 is 27.6 Å². The number of nitrogens with zero attached hydrogens (tertiary/aromatic N) is 1. The third-order valence-corrected chi connectivity index (χ3v) is 6.74. The minimum Gasteiger partial charge on any atom is -0.633 e. The lowest BCUT2D eigenvalue weighted by atomic mass is 9.71. The summed E-state index contributed by atoms with van der Waals surface area (Å²) in [6.07, 6.45) is 2.01. The lowest BCUT2D eigenvalue weighted by molar-refractivity contribution is -0.900. The molecule has 0 saturated carbocycles. The highest BCUT2D eigenvalue weighted by Gasteiger charge is 2.68. The Balaban J connectivity index is 1.75. The van der Waals surface area contributed by atoms with Crippen LogP contribution in [0.1, 0.15) is 45.6 Å². The standard InChI is InChI=1S/C20H29F2NO4/c1-18(2,23(4,5)24)20-11-10-19(3,27-20)16(12-20)25-13-14-8-6-7-9-15(14)26-17(21)22/h6-9,16-17H,10-13H2,1-5H3. The van der Waals surface area contributed by atoms with Gasteiger partial charge < -0.3 is 24.1 Å². The first-order valence-electron chi connectivity index (χ1n) is 9.30. The van der Waals surface area contributed by atoms with E-state index in [2.05, 4.69) is 4.74 Å². The number of alkyl halides is 2. The molecule has 27 heavy (non-hydrogen) atoms. The molecule has 2 bridgehead atoms. The zero-order valence-electron chi connectivity index (χ0n) is 16.6. The van der Waals surface area contributed by atoms with Gasteiger partial charge in [0.2, 0.25) is 0 Å². The fourth-order valence-corrected chi connectivity index (χ4v) is 4.32. The summed E-state index contributed by atoms with van der Waals surface area (Å²) in [5, 5.41) is 12.8. The summed E-state index contributed by atoms with van der Waals surface area (Å²) in [6.45, 7) is 3.17. The SMILES string of the molecule is CC12CCC(C(C)(C)[N+](C)(C)[O-])(CC1OCc1ccccc1OC(F)F)O2. The Hall–Kier alpha value is -1.28. The van der Waals surface area contributed by atoms with E-state index >= 15 is 0 Å². The number of quaternary nitrogens is 1. The third kappa shape index (κ3) is 3.46.